The first-order chi connectivity index (χ1) is 13.7. The molecule has 0 spiro atoms. The summed E-state index contributed by atoms with van der Waals surface area (Å²) in [5.41, 5.74) is 1.97. The van der Waals surface area contributed by atoms with Gasteiger partial charge >= 0.3 is 0 Å². The molecule has 0 bridgehead atoms. The van der Waals surface area contributed by atoms with Crippen LogP contribution in [0.5, 0.6) is 5.75 Å². The fourth-order valence-corrected chi connectivity index (χ4v) is 3.23. The van der Waals surface area contributed by atoms with Crippen molar-refractivity contribution in [3.05, 3.63) is 76.9 Å². The number of ether oxygens (including phenoxy) is 1. The second kappa shape index (κ2) is 7.53. The minimum Gasteiger partial charge on any atom is -0.496 e. The number of hydrogen-bond acceptors (Lipinski definition) is 6. The molecule has 1 fully saturated rings. The Kier molecular flexibility index (Phi) is 4.77. The number of hydrogen-bond donors (Lipinski definition) is 0. The van der Waals surface area contributed by atoms with Gasteiger partial charge in [-0.2, -0.15) is 10.2 Å². The van der Waals surface area contributed by atoms with Crippen molar-refractivity contribution in [2.45, 2.75) is 12.3 Å². The molecule has 7 heteroatoms. The normalized spacial score (nSPS) is 13.6. The first kappa shape index (κ1) is 17.7. The Labute approximate surface area is 162 Å². The molecular formula is C21H18N4O3. The number of benzene rings is 2. The quantitative estimate of drug-likeness (QED) is 0.682. The van der Waals surface area contributed by atoms with Crippen LogP contribution >= 0.6 is 0 Å². The van der Waals surface area contributed by atoms with Crippen molar-refractivity contribution in [3.8, 4) is 11.8 Å². The summed E-state index contributed by atoms with van der Waals surface area (Å²) in [5, 5.41) is 13.0. The van der Waals surface area contributed by atoms with Crippen molar-refractivity contribution in [3.63, 3.8) is 0 Å². The Morgan fingerprint density at radius 3 is 2.89 bits per heavy atom. The number of nitriles is 1. The van der Waals surface area contributed by atoms with Crippen molar-refractivity contribution in [1.29, 1.82) is 5.26 Å². The standard InChI is InChI=1S/C21H18N4O3/c1-27-18-8-3-2-6-15(18)10-19-23-20(28-24-19)17-12-25(13-17)21(26)16-7-4-5-14(9-16)11-22/h2-9,17H,10,12-13H2,1H3. The van der Waals surface area contributed by atoms with Gasteiger partial charge in [0.05, 0.1) is 24.7 Å². The lowest BCUT2D eigenvalue weighted by molar-refractivity contribution is 0.0569. The fourth-order valence-electron chi connectivity index (χ4n) is 3.23. The number of aromatic nitrogens is 2. The van der Waals surface area contributed by atoms with Gasteiger partial charge in [0.2, 0.25) is 5.89 Å². The highest BCUT2D eigenvalue weighted by atomic mass is 16.5. The van der Waals surface area contributed by atoms with Crippen LogP contribution in [0.1, 0.15) is 39.1 Å². The second-order valence-electron chi connectivity index (χ2n) is 6.64. The minimum atomic E-state index is -0.0953. The maximum atomic E-state index is 12.5. The Balaban J connectivity index is 1.39. The molecule has 1 aliphatic rings. The van der Waals surface area contributed by atoms with Crippen LogP contribution < -0.4 is 4.74 Å². The highest BCUT2D eigenvalue weighted by Gasteiger charge is 2.36. The summed E-state index contributed by atoms with van der Waals surface area (Å²) in [4.78, 5) is 18.7. The van der Waals surface area contributed by atoms with E-state index in [1.807, 2.05) is 30.3 Å². The molecule has 1 amide bonds. The summed E-state index contributed by atoms with van der Waals surface area (Å²) in [6.07, 6.45) is 0.518. The average Bonchev–Trinajstić information content (AvgIpc) is 3.15. The molecule has 1 aromatic heterocycles. The van der Waals surface area contributed by atoms with Crippen molar-refractivity contribution in [2.75, 3.05) is 20.2 Å². The van der Waals surface area contributed by atoms with E-state index in [1.54, 1.807) is 36.3 Å². The zero-order valence-corrected chi connectivity index (χ0v) is 15.3. The van der Waals surface area contributed by atoms with Crippen LogP contribution in [0, 0.1) is 11.3 Å². The van der Waals surface area contributed by atoms with E-state index in [0.717, 1.165) is 11.3 Å². The molecule has 1 aliphatic heterocycles. The first-order valence-electron chi connectivity index (χ1n) is 8.91. The minimum absolute atomic E-state index is 0.0296. The Morgan fingerprint density at radius 2 is 2.11 bits per heavy atom. The third-order valence-corrected chi connectivity index (χ3v) is 4.78. The molecule has 2 aromatic carbocycles. The van der Waals surface area contributed by atoms with Crippen LogP contribution in [0.3, 0.4) is 0 Å². The van der Waals surface area contributed by atoms with E-state index < -0.39 is 0 Å². The maximum absolute atomic E-state index is 12.5. The van der Waals surface area contributed by atoms with E-state index >= 15 is 0 Å². The molecular weight excluding hydrogens is 356 g/mol. The smallest absolute Gasteiger partial charge is 0.253 e. The molecule has 3 aromatic rings. The van der Waals surface area contributed by atoms with E-state index in [1.165, 1.54) is 0 Å². The Bertz CT molecular complexity index is 1050. The van der Waals surface area contributed by atoms with Crippen molar-refractivity contribution >= 4 is 5.91 Å². The van der Waals surface area contributed by atoms with Crippen molar-refractivity contribution in [2.24, 2.45) is 0 Å². The zero-order chi connectivity index (χ0) is 19.5. The average molecular weight is 374 g/mol. The molecule has 140 valence electrons. The maximum Gasteiger partial charge on any atom is 0.253 e. The molecule has 1 saturated heterocycles. The molecule has 0 atom stereocenters. The molecule has 0 saturated carbocycles. The molecule has 0 radical (unpaired) electrons. The lowest BCUT2D eigenvalue weighted by Crippen LogP contribution is -2.48. The van der Waals surface area contributed by atoms with E-state index in [4.69, 9.17) is 14.5 Å². The molecule has 2 heterocycles. The summed E-state index contributed by atoms with van der Waals surface area (Å²) in [6.45, 7) is 1.04. The monoisotopic (exact) mass is 374 g/mol. The van der Waals surface area contributed by atoms with Gasteiger partial charge in [-0.25, -0.2) is 0 Å². The van der Waals surface area contributed by atoms with Crippen LogP contribution in [0.25, 0.3) is 0 Å². The van der Waals surface area contributed by atoms with Gasteiger partial charge in [0.1, 0.15) is 5.75 Å². The van der Waals surface area contributed by atoms with Gasteiger partial charge in [-0.1, -0.05) is 29.4 Å². The Morgan fingerprint density at radius 1 is 1.29 bits per heavy atom. The summed E-state index contributed by atoms with van der Waals surface area (Å²) in [5.74, 6) is 1.85. The van der Waals surface area contributed by atoms with Gasteiger partial charge in [-0.15, -0.1) is 0 Å². The number of methoxy groups -OCH3 is 1. The number of carbonyl (C=O) groups excluding carboxylic acids is 1. The van der Waals surface area contributed by atoms with E-state index in [9.17, 15) is 4.79 Å². The number of carbonyl (C=O) groups is 1. The van der Waals surface area contributed by atoms with Crippen LogP contribution in [-0.4, -0.2) is 41.1 Å². The number of amides is 1. The molecule has 28 heavy (non-hydrogen) atoms. The molecule has 0 unspecified atom stereocenters. The topological polar surface area (TPSA) is 92.3 Å². The molecule has 0 aliphatic carbocycles. The number of likely N-dealkylation sites (tertiary alicyclic amines) is 1. The summed E-state index contributed by atoms with van der Waals surface area (Å²) >= 11 is 0. The van der Waals surface area contributed by atoms with Gasteiger partial charge in [0.25, 0.3) is 5.91 Å². The fraction of sp³-hybridized carbons (Fsp3) is 0.238. The van der Waals surface area contributed by atoms with Gasteiger partial charge in [0, 0.05) is 30.6 Å². The number of nitrogens with zero attached hydrogens (tertiary/aromatic N) is 4. The summed E-state index contributed by atoms with van der Waals surface area (Å²) in [6, 6.07) is 16.5. The van der Waals surface area contributed by atoms with Crippen LogP contribution in [-0.2, 0) is 6.42 Å². The molecule has 4 rings (SSSR count). The predicted octanol–water partition coefficient (Wildman–Crippen LogP) is 2.78. The molecule has 0 N–H and O–H groups in total. The second-order valence-corrected chi connectivity index (χ2v) is 6.64. The SMILES string of the molecule is COc1ccccc1Cc1noc(C2CN(C(=O)c3cccc(C#N)c3)C2)n1. The number of para-hydroxylation sites is 1. The lowest BCUT2D eigenvalue weighted by atomic mass is 9.98. The third kappa shape index (κ3) is 3.45. The largest absolute Gasteiger partial charge is 0.496 e. The van der Waals surface area contributed by atoms with Gasteiger partial charge in [-0.3, -0.25) is 4.79 Å². The van der Waals surface area contributed by atoms with Crippen molar-refractivity contribution in [1.82, 2.24) is 15.0 Å². The van der Waals surface area contributed by atoms with Gasteiger partial charge in [0.15, 0.2) is 5.82 Å². The summed E-state index contributed by atoms with van der Waals surface area (Å²) < 4.78 is 10.8. The number of rotatable bonds is 5. The summed E-state index contributed by atoms with van der Waals surface area (Å²) in [7, 11) is 1.63. The van der Waals surface area contributed by atoms with Crippen LogP contribution in [0.15, 0.2) is 53.1 Å². The zero-order valence-electron chi connectivity index (χ0n) is 15.3. The van der Waals surface area contributed by atoms with E-state index in [-0.39, 0.29) is 11.8 Å². The van der Waals surface area contributed by atoms with E-state index in [0.29, 0.717) is 42.4 Å². The van der Waals surface area contributed by atoms with E-state index in [2.05, 4.69) is 10.1 Å². The van der Waals surface area contributed by atoms with Gasteiger partial charge in [-0.05, 0) is 24.3 Å². The van der Waals surface area contributed by atoms with Crippen LogP contribution in [0.4, 0.5) is 0 Å². The van der Waals surface area contributed by atoms with Crippen molar-refractivity contribution < 1.29 is 14.1 Å². The molecule has 7 nitrogen and oxygen atoms in total. The van der Waals surface area contributed by atoms with Gasteiger partial charge < -0.3 is 14.2 Å². The lowest BCUT2D eigenvalue weighted by Gasteiger charge is -2.37. The first-order valence-corrected chi connectivity index (χ1v) is 8.91. The third-order valence-electron chi connectivity index (χ3n) is 4.78. The highest BCUT2D eigenvalue weighted by molar-refractivity contribution is 5.95. The highest BCUT2D eigenvalue weighted by Crippen LogP contribution is 2.28. The predicted molar refractivity (Wildman–Crippen MR) is 99.9 cm³/mol. The Hall–Kier alpha value is -3.66. The van der Waals surface area contributed by atoms with Crippen LogP contribution in [0.2, 0.25) is 0 Å².